The number of hydrogen-bond acceptors (Lipinski definition) is 5. The van der Waals surface area contributed by atoms with Gasteiger partial charge in [-0.2, -0.15) is 4.98 Å². The molecule has 1 heterocycles. The van der Waals surface area contributed by atoms with Gasteiger partial charge in [-0.1, -0.05) is 53.7 Å². The number of aromatic nitrogens is 2. The van der Waals surface area contributed by atoms with Crippen LogP contribution in [-0.4, -0.2) is 28.3 Å². The van der Waals surface area contributed by atoms with Crippen molar-refractivity contribution in [2.24, 2.45) is 0 Å². The second-order valence-electron chi connectivity index (χ2n) is 5.84. The summed E-state index contributed by atoms with van der Waals surface area (Å²) in [7, 11) is 0. The first-order valence-electron chi connectivity index (χ1n) is 8.48. The van der Waals surface area contributed by atoms with Crippen LogP contribution in [0.5, 0.6) is 0 Å². The van der Waals surface area contributed by atoms with Gasteiger partial charge in [0.1, 0.15) is 0 Å². The smallest absolute Gasteiger partial charge is 0.236 e. The summed E-state index contributed by atoms with van der Waals surface area (Å²) in [6.07, 6.45) is 0.816. The van der Waals surface area contributed by atoms with E-state index in [-0.39, 0.29) is 5.91 Å². The van der Waals surface area contributed by atoms with Crippen LogP contribution < -0.4 is 4.90 Å². The molecule has 0 saturated carbocycles. The molecule has 3 rings (SSSR count). The second-order valence-corrected chi connectivity index (χ2v) is 6.82. The zero-order valence-electron chi connectivity index (χ0n) is 14.7. The highest BCUT2D eigenvalue weighted by molar-refractivity contribution is 7.99. The molecule has 5 nitrogen and oxygen atoms in total. The Kier molecular flexibility index (Phi) is 6.44. The molecule has 134 valence electrons. The van der Waals surface area contributed by atoms with Crippen molar-refractivity contribution < 1.29 is 9.32 Å². The Morgan fingerprint density at radius 1 is 1.08 bits per heavy atom. The fourth-order valence-electron chi connectivity index (χ4n) is 2.60. The number of carbonyl (C=O) groups is 1. The van der Waals surface area contributed by atoms with Gasteiger partial charge in [0.2, 0.25) is 11.8 Å². The molecule has 0 atom stereocenters. The molecule has 0 aliphatic heterocycles. The number of aryl methyl sites for hydroxylation is 1. The molecule has 0 saturated heterocycles. The minimum absolute atomic E-state index is 0.0809. The molecular weight excluding hydrogens is 346 g/mol. The zero-order valence-corrected chi connectivity index (χ0v) is 15.5. The monoisotopic (exact) mass is 367 g/mol. The fraction of sp³-hybridized carbons (Fsp3) is 0.250. The molecule has 0 N–H and O–H groups in total. The first kappa shape index (κ1) is 18.2. The summed E-state index contributed by atoms with van der Waals surface area (Å²) in [6, 6.07) is 20.0. The number of rotatable bonds is 8. The Balaban J connectivity index is 1.61. The van der Waals surface area contributed by atoms with Gasteiger partial charge in [0, 0.05) is 19.2 Å². The third kappa shape index (κ3) is 5.20. The van der Waals surface area contributed by atoms with E-state index in [0.29, 0.717) is 29.8 Å². The van der Waals surface area contributed by atoms with Gasteiger partial charge in [-0.15, -0.1) is 11.8 Å². The number of carbonyl (C=O) groups excluding carboxylic acids is 1. The first-order valence-corrected chi connectivity index (χ1v) is 9.64. The molecule has 0 unspecified atom stereocenters. The molecule has 1 aromatic heterocycles. The standard InChI is InChI=1S/C20H21N3O2S/c1-16-21-19(22-25-16)14-26-15-20(24)23(18-10-6-3-7-11-18)13-12-17-8-4-2-5-9-17/h2-11H,12-15H2,1H3. The lowest BCUT2D eigenvalue weighted by atomic mass is 10.1. The lowest BCUT2D eigenvalue weighted by molar-refractivity contribution is -0.116. The van der Waals surface area contributed by atoms with E-state index in [1.54, 1.807) is 6.92 Å². The molecule has 26 heavy (non-hydrogen) atoms. The van der Waals surface area contributed by atoms with Crippen LogP contribution in [-0.2, 0) is 17.0 Å². The molecule has 3 aromatic rings. The van der Waals surface area contributed by atoms with E-state index in [0.717, 1.165) is 12.1 Å². The van der Waals surface area contributed by atoms with Crippen molar-refractivity contribution in [3.05, 3.63) is 77.9 Å². The summed E-state index contributed by atoms with van der Waals surface area (Å²) in [6.45, 7) is 2.40. The summed E-state index contributed by atoms with van der Waals surface area (Å²) in [4.78, 5) is 18.8. The van der Waals surface area contributed by atoms with Crippen LogP contribution in [0, 0.1) is 6.92 Å². The van der Waals surface area contributed by atoms with Gasteiger partial charge >= 0.3 is 0 Å². The number of thioether (sulfide) groups is 1. The van der Waals surface area contributed by atoms with Crippen LogP contribution >= 0.6 is 11.8 Å². The minimum atomic E-state index is 0.0809. The predicted molar refractivity (Wildman–Crippen MR) is 104 cm³/mol. The van der Waals surface area contributed by atoms with Crippen LogP contribution in [0.3, 0.4) is 0 Å². The topological polar surface area (TPSA) is 59.2 Å². The summed E-state index contributed by atoms with van der Waals surface area (Å²) >= 11 is 1.50. The average molecular weight is 367 g/mol. The maximum absolute atomic E-state index is 12.8. The van der Waals surface area contributed by atoms with Gasteiger partial charge in [-0.25, -0.2) is 0 Å². The highest BCUT2D eigenvalue weighted by atomic mass is 32.2. The fourth-order valence-corrected chi connectivity index (χ4v) is 3.33. The van der Waals surface area contributed by atoms with Gasteiger partial charge in [0.05, 0.1) is 11.5 Å². The molecule has 0 aliphatic carbocycles. The van der Waals surface area contributed by atoms with Crippen molar-refractivity contribution in [1.82, 2.24) is 10.1 Å². The van der Waals surface area contributed by atoms with Gasteiger partial charge in [-0.05, 0) is 24.1 Å². The zero-order chi connectivity index (χ0) is 18.2. The van der Waals surface area contributed by atoms with Crippen molar-refractivity contribution in [2.75, 3.05) is 17.2 Å². The van der Waals surface area contributed by atoms with Crippen molar-refractivity contribution >= 4 is 23.4 Å². The Hall–Kier alpha value is -2.60. The molecule has 2 aromatic carbocycles. The number of hydrogen-bond donors (Lipinski definition) is 0. The number of amides is 1. The third-order valence-corrected chi connectivity index (χ3v) is 4.78. The van der Waals surface area contributed by atoms with Crippen LogP contribution in [0.2, 0.25) is 0 Å². The molecule has 6 heteroatoms. The molecule has 0 fully saturated rings. The normalized spacial score (nSPS) is 10.7. The summed E-state index contributed by atoms with van der Waals surface area (Å²) in [5, 5.41) is 3.86. The Morgan fingerprint density at radius 3 is 2.42 bits per heavy atom. The third-order valence-electron chi connectivity index (χ3n) is 3.86. The molecule has 1 amide bonds. The molecular formula is C20H21N3O2S. The Labute approximate surface area is 157 Å². The van der Waals surface area contributed by atoms with Crippen LogP contribution in [0.15, 0.2) is 65.2 Å². The first-order chi connectivity index (χ1) is 12.7. The van der Waals surface area contributed by atoms with Gasteiger partial charge < -0.3 is 9.42 Å². The summed E-state index contributed by atoms with van der Waals surface area (Å²) in [5.41, 5.74) is 2.14. The number of para-hydroxylation sites is 1. The minimum Gasteiger partial charge on any atom is -0.340 e. The Morgan fingerprint density at radius 2 is 1.77 bits per heavy atom. The highest BCUT2D eigenvalue weighted by Gasteiger charge is 2.16. The van der Waals surface area contributed by atoms with Crippen molar-refractivity contribution in [3.8, 4) is 0 Å². The van der Waals surface area contributed by atoms with Gasteiger partial charge in [0.25, 0.3) is 0 Å². The lowest BCUT2D eigenvalue weighted by Gasteiger charge is -2.23. The number of nitrogens with zero attached hydrogens (tertiary/aromatic N) is 3. The number of anilines is 1. The van der Waals surface area contributed by atoms with Crippen molar-refractivity contribution in [3.63, 3.8) is 0 Å². The van der Waals surface area contributed by atoms with Gasteiger partial charge in [-0.3, -0.25) is 4.79 Å². The largest absolute Gasteiger partial charge is 0.340 e. The highest BCUT2D eigenvalue weighted by Crippen LogP contribution is 2.17. The van der Waals surface area contributed by atoms with E-state index < -0.39 is 0 Å². The van der Waals surface area contributed by atoms with Crippen molar-refractivity contribution in [1.29, 1.82) is 0 Å². The van der Waals surface area contributed by atoms with Gasteiger partial charge in [0.15, 0.2) is 5.82 Å². The van der Waals surface area contributed by atoms with Crippen LogP contribution in [0.25, 0.3) is 0 Å². The van der Waals surface area contributed by atoms with E-state index >= 15 is 0 Å². The van der Waals surface area contributed by atoms with E-state index in [1.165, 1.54) is 17.3 Å². The maximum atomic E-state index is 12.8. The van der Waals surface area contributed by atoms with Crippen molar-refractivity contribution in [2.45, 2.75) is 19.1 Å². The summed E-state index contributed by atoms with van der Waals surface area (Å²) < 4.78 is 4.96. The van der Waals surface area contributed by atoms with Crippen LogP contribution in [0.4, 0.5) is 5.69 Å². The van der Waals surface area contributed by atoms with E-state index in [1.807, 2.05) is 53.4 Å². The lowest BCUT2D eigenvalue weighted by Crippen LogP contribution is -2.34. The second kappa shape index (κ2) is 9.20. The molecule has 0 spiro atoms. The van der Waals surface area contributed by atoms with E-state index in [4.69, 9.17) is 4.52 Å². The Bertz CT molecular complexity index is 821. The average Bonchev–Trinajstić information content (AvgIpc) is 3.09. The molecule has 0 aliphatic rings. The maximum Gasteiger partial charge on any atom is 0.236 e. The molecule has 0 bridgehead atoms. The summed E-state index contributed by atoms with van der Waals surface area (Å²) in [5.74, 6) is 2.18. The quantitative estimate of drug-likeness (QED) is 0.604. The van der Waals surface area contributed by atoms with Crippen LogP contribution in [0.1, 0.15) is 17.3 Å². The predicted octanol–water partition coefficient (Wildman–Crippen LogP) is 3.89. The SMILES string of the molecule is Cc1nc(CSCC(=O)N(CCc2ccccc2)c2ccccc2)no1. The van der Waals surface area contributed by atoms with E-state index in [2.05, 4.69) is 22.3 Å². The van der Waals surface area contributed by atoms with E-state index in [9.17, 15) is 4.79 Å². The number of benzene rings is 2. The molecule has 0 radical (unpaired) electrons.